The lowest BCUT2D eigenvalue weighted by Crippen LogP contribution is -2.53. The lowest BCUT2D eigenvalue weighted by Gasteiger charge is -2.30. The van der Waals surface area contributed by atoms with Crippen LogP contribution < -0.4 is 10.0 Å². The van der Waals surface area contributed by atoms with Crippen LogP contribution in [0.3, 0.4) is 0 Å². The van der Waals surface area contributed by atoms with E-state index in [9.17, 15) is 4.79 Å². The van der Waals surface area contributed by atoms with E-state index in [0.29, 0.717) is 12.0 Å². The molecule has 2 saturated carbocycles. The van der Waals surface area contributed by atoms with Gasteiger partial charge in [0.2, 0.25) is 5.91 Å². The first kappa shape index (κ1) is 20.0. The summed E-state index contributed by atoms with van der Waals surface area (Å²) in [6.07, 6.45) is 11.8. The summed E-state index contributed by atoms with van der Waals surface area (Å²) in [5, 5.41) is 4.15. The minimum absolute atomic E-state index is 0.102. The molecule has 0 aromatic heterocycles. The van der Waals surface area contributed by atoms with Crippen LogP contribution in [-0.4, -0.2) is 17.5 Å². The number of nitrogens with one attached hydrogen (secondary N) is 2. The van der Waals surface area contributed by atoms with Gasteiger partial charge in [0.25, 0.3) is 0 Å². The zero-order valence-electron chi connectivity index (χ0n) is 16.3. The van der Waals surface area contributed by atoms with Crippen molar-refractivity contribution in [1.82, 2.24) is 10.0 Å². The number of carbonyl (C=O) groups is 1. The molecule has 0 aromatic rings. The molecule has 0 spiro atoms. The SMILES string of the molecule is CC1=C(Cl)C=CC=C(SNC(C)(C)C(=O)NC2CC3CC(C)CC2C3)C1. The van der Waals surface area contributed by atoms with Crippen molar-refractivity contribution in [1.29, 1.82) is 0 Å². The fourth-order valence-electron chi connectivity index (χ4n) is 4.50. The highest BCUT2D eigenvalue weighted by molar-refractivity contribution is 8.01. The maximum Gasteiger partial charge on any atom is 0.240 e. The van der Waals surface area contributed by atoms with Gasteiger partial charge in [0.15, 0.2) is 0 Å². The standard InChI is InChI=1S/C21H31ClN2OS/c1-13-8-15-11-16(9-13)19(12-15)23-20(25)21(3,4)24-26-17-6-5-7-18(22)14(2)10-17/h5-7,13,15-16,19,24H,8-12H2,1-4H3,(H,23,25). The van der Waals surface area contributed by atoms with E-state index in [-0.39, 0.29) is 5.91 Å². The molecule has 0 radical (unpaired) electrons. The zero-order valence-corrected chi connectivity index (χ0v) is 17.8. The van der Waals surface area contributed by atoms with E-state index in [2.05, 4.69) is 23.0 Å². The van der Waals surface area contributed by atoms with E-state index >= 15 is 0 Å². The second kappa shape index (κ2) is 8.12. The summed E-state index contributed by atoms with van der Waals surface area (Å²) in [5.41, 5.74) is 0.529. The van der Waals surface area contributed by atoms with Crippen molar-refractivity contribution in [2.75, 3.05) is 0 Å². The van der Waals surface area contributed by atoms with Gasteiger partial charge < -0.3 is 5.32 Å². The number of carbonyl (C=O) groups excluding carboxylic acids is 1. The first-order chi connectivity index (χ1) is 12.2. The minimum atomic E-state index is -0.620. The molecule has 3 rings (SSSR count). The van der Waals surface area contributed by atoms with Crippen molar-refractivity contribution < 1.29 is 4.79 Å². The van der Waals surface area contributed by atoms with Crippen molar-refractivity contribution in [2.45, 2.75) is 71.4 Å². The number of allylic oxidation sites excluding steroid dienone is 6. The van der Waals surface area contributed by atoms with Crippen LogP contribution in [0.2, 0.25) is 0 Å². The van der Waals surface area contributed by atoms with Crippen LogP contribution in [-0.2, 0) is 4.79 Å². The number of fused-ring (bicyclic) bond motifs is 2. The monoisotopic (exact) mass is 394 g/mol. The highest BCUT2D eigenvalue weighted by atomic mass is 35.5. The van der Waals surface area contributed by atoms with Gasteiger partial charge in [-0.2, -0.15) is 0 Å². The fraction of sp³-hybridized carbons (Fsp3) is 0.667. The molecule has 1 amide bonds. The molecule has 144 valence electrons. The van der Waals surface area contributed by atoms with E-state index in [1.165, 1.54) is 36.1 Å². The van der Waals surface area contributed by atoms with Crippen LogP contribution in [0.15, 0.2) is 33.7 Å². The van der Waals surface area contributed by atoms with Crippen LogP contribution in [0.1, 0.15) is 59.8 Å². The van der Waals surface area contributed by atoms with Gasteiger partial charge in [-0.05, 0) is 87.8 Å². The van der Waals surface area contributed by atoms with Crippen LogP contribution in [0.25, 0.3) is 0 Å². The third kappa shape index (κ3) is 4.76. The highest BCUT2D eigenvalue weighted by Gasteiger charge is 2.41. The van der Waals surface area contributed by atoms with Crippen molar-refractivity contribution in [3.05, 3.63) is 33.7 Å². The molecule has 2 fully saturated rings. The van der Waals surface area contributed by atoms with E-state index < -0.39 is 5.54 Å². The maximum atomic E-state index is 12.9. The number of halogens is 1. The first-order valence-corrected chi connectivity index (χ1v) is 10.9. The molecule has 3 aliphatic carbocycles. The smallest absolute Gasteiger partial charge is 0.240 e. The number of hydrogen-bond acceptors (Lipinski definition) is 3. The number of amides is 1. The number of rotatable bonds is 5. The molecule has 0 heterocycles. The molecular formula is C21H31ClN2OS. The molecule has 2 N–H and O–H groups in total. The van der Waals surface area contributed by atoms with Crippen molar-refractivity contribution in [2.24, 2.45) is 17.8 Å². The molecule has 2 bridgehead atoms. The Bertz CT molecular complexity index is 652. The summed E-state index contributed by atoms with van der Waals surface area (Å²) in [6, 6.07) is 0.354. The summed E-state index contributed by atoms with van der Waals surface area (Å²) < 4.78 is 3.37. The Labute approximate surface area is 167 Å². The molecule has 3 nitrogen and oxygen atoms in total. The lowest BCUT2D eigenvalue weighted by molar-refractivity contribution is -0.126. The van der Waals surface area contributed by atoms with Gasteiger partial charge in [-0.1, -0.05) is 30.7 Å². The molecule has 5 heteroatoms. The topological polar surface area (TPSA) is 41.1 Å². The molecule has 0 saturated heterocycles. The van der Waals surface area contributed by atoms with Crippen LogP contribution >= 0.6 is 23.5 Å². The van der Waals surface area contributed by atoms with Gasteiger partial charge in [-0.25, -0.2) is 4.72 Å². The van der Waals surface area contributed by atoms with E-state index in [1.54, 1.807) is 0 Å². The third-order valence-electron chi connectivity index (χ3n) is 5.93. The average Bonchev–Trinajstić information content (AvgIpc) is 2.74. The quantitative estimate of drug-likeness (QED) is 0.621. The molecule has 4 unspecified atom stereocenters. The van der Waals surface area contributed by atoms with Gasteiger partial charge in [0, 0.05) is 22.4 Å². The van der Waals surface area contributed by atoms with E-state index in [0.717, 1.165) is 35.3 Å². The Hall–Kier alpha value is -0.710. The summed E-state index contributed by atoms with van der Waals surface area (Å²) in [4.78, 5) is 14.1. The predicted octanol–water partition coefficient (Wildman–Crippen LogP) is 5.30. The second-order valence-corrected chi connectivity index (χ2v) is 10.2. The third-order valence-corrected chi connectivity index (χ3v) is 7.53. The minimum Gasteiger partial charge on any atom is -0.351 e. The van der Waals surface area contributed by atoms with Crippen LogP contribution in [0.5, 0.6) is 0 Å². The second-order valence-electron chi connectivity index (χ2n) is 8.88. The van der Waals surface area contributed by atoms with Gasteiger partial charge in [-0.3, -0.25) is 4.79 Å². The zero-order chi connectivity index (χ0) is 18.9. The largest absolute Gasteiger partial charge is 0.351 e. The highest BCUT2D eigenvalue weighted by Crippen LogP contribution is 2.44. The Kier molecular flexibility index (Phi) is 6.25. The molecule has 26 heavy (non-hydrogen) atoms. The van der Waals surface area contributed by atoms with Gasteiger partial charge >= 0.3 is 0 Å². The normalized spacial score (nSPS) is 31.7. The molecule has 3 aliphatic rings. The summed E-state index contributed by atoms with van der Waals surface area (Å²) in [6.45, 7) is 8.32. The first-order valence-electron chi connectivity index (χ1n) is 9.72. The van der Waals surface area contributed by atoms with Crippen molar-refractivity contribution in [3.63, 3.8) is 0 Å². The van der Waals surface area contributed by atoms with Crippen molar-refractivity contribution in [3.8, 4) is 0 Å². The average molecular weight is 395 g/mol. The molecule has 0 aromatic carbocycles. The van der Waals surface area contributed by atoms with Gasteiger partial charge in [0.05, 0.1) is 0 Å². The van der Waals surface area contributed by atoms with Gasteiger partial charge in [0.1, 0.15) is 5.54 Å². The summed E-state index contributed by atoms with van der Waals surface area (Å²) in [5.74, 6) is 2.38. The lowest BCUT2D eigenvalue weighted by atomic mass is 9.82. The van der Waals surface area contributed by atoms with E-state index in [1.807, 2.05) is 32.9 Å². The fourth-order valence-corrected chi connectivity index (χ4v) is 5.55. The summed E-state index contributed by atoms with van der Waals surface area (Å²) >= 11 is 7.73. The molecule has 0 aliphatic heterocycles. The number of hydrogen-bond donors (Lipinski definition) is 2. The Morgan fingerprint density at radius 3 is 2.81 bits per heavy atom. The van der Waals surface area contributed by atoms with Crippen LogP contribution in [0, 0.1) is 17.8 Å². The Morgan fingerprint density at radius 1 is 1.27 bits per heavy atom. The van der Waals surface area contributed by atoms with Gasteiger partial charge in [-0.15, -0.1) is 0 Å². The predicted molar refractivity (Wildman–Crippen MR) is 112 cm³/mol. The van der Waals surface area contributed by atoms with Crippen molar-refractivity contribution >= 4 is 29.5 Å². The Balaban J connectivity index is 1.54. The molecular weight excluding hydrogens is 364 g/mol. The molecule has 4 atom stereocenters. The van der Waals surface area contributed by atoms with E-state index in [4.69, 9.17) is 11.6 Å². The summed E-state index contributed by atoms with van der Waals surface area (Å²) in [7, 11) is 0. The van der Waals surface area contributed by atoms with Crippen LogP contribution in [0.4, 0.5) is 0 Å². The Morgan fingerprint density at radius 2 is 2.04 bits per heavy atom. The maximum absolute atomic E-state index is 12.9.